The molecular weight excluding hydrogens is 334 g/mol. The molecular formula is C19H23N3O4. The van der Waals surface area contributed by atoms with Gasteiger partial charge in [0.2, 0.25) is 0 Å². The summed E-state index contributed by atoms with van der Waals surface area (Å²) in [7, 11) is 3.14. The van der Waals surface area contributed by atoms with Crippen LogP contribution in [0.2, 0.25) is 0 Å². The molecule has 7 nitrogen and oxygen atoms in total. The van der Waals surface area contributed by atoms with Gasteiger partial charge in [0.15, 0.2) is 11.5 Å². The van der Waals surface area contributed by atoms with E-state index in [1.165, 1.54) is 0 Å². The first-order chi connectivity index (χ1) is 12.5. The van der Waals surface area contributed by atoms with Crippen LogP contribution in [0.3, 0.4) is 0 Å². The average Bonchev–Trinajstić information content (AvgIpc) is 3.08. The zero-order valence-corrected chi connectivity index (χ0v) is 15.4. The standard InChI is InChI=1S/C19H23N3O4/c1-11-8-20-12(2)18(21-11)22-9-14(15(10-22)19(23)24)13-6-5-7-16(25-3)17(13)26-4/h5-8,14-15H,9-10H2,1-4H3,(H,23,24)/t14-,15+/m1/s1. The Labute approximate surface area is 152 Å². The smallest absolute Gasteiger partial charge is 0.308 e. The molecule has 0 unspecified atom stereocenters. The van der Waals surface area contributed by atoms with Gasteiger partial charge in [0.1, 0.15) is 5.82 Å². The van der Waals surface area contributed by atoms with Crippen LogP contribution in [0.5, 0.6) is 11.5 Å². The first-order valence-corrected chi connectivity index (χ1v) is 8.45. The van der Waals surface area contributed by atoms with Gasteiger partial charge in [-0.25, -0.2) is 4.98 Å². The van der Waals surface area contributed by atoms with Crippen LogP contribution in [-0.4, -0.2) is 48.4 Å². The summed E-state index contributed by atoms with van der Waals surface area (Å²) in [5.74, 6) is 0.275. The van der Waals surface area contributed by atoms with Crippen molar-refractivity contribution in [3.63, 3.8) is 0 Å². The van der Waals surface area contributed by atoms with Gasteiger partial charge >= 0.3 is 5.97 Å². The third-order valence-electron chi connectivity index (χ3n) is 4.82. The van der Waals surface area contributed by atoms with E-state index in [1.54, 1.807) is 26.5 Å². The van der Waals surface area contributed by atoms with E-state index in [4.69, 9.17) is 9.47 Å². The van der Waals surface area contributed by atoms with Gasteiger partial charge in [-0.15, -0.1) is 0 Å². The molecule has 3 rings (SSSR count). The quantitative estimate of drug-likeness (QED) is 0.879. The van der Waals surface area contributed by atoms with E-state index in [1.807, 2.05) is 30.9 Å². The lowest BCUT2D eigenvalue weighted by molar-refractivity contribution is -0.141. The van der Waals surface area contributed by atoms with Crippen LogP contribution in [0.25, 0.3) is 0 Å². The van der Waals surface area contributed by atoms with Crippen molar-refractivity contribution >= 4 is 11.8 Å². The van der Waals surface area contributed by atoms with Crippen LogP contribution in [-0.2, 0) is 4.79 Å². The molecule has 0 radical (unpaired) electrons. The lowest BCUT2D eigenvalue weighted by Gasteiger charge is -2.21. The minimum atomic E-state index is -0.833. The van der Waals surface area contributed by atoms with Gasteiger partial charge < -0.3 is 19.5 Å². The SMILES string of the molecule is COc1cccc([C@H]2CN(c3nc(C)cnc3C)C[C@@H]2C(=O)O)c1OC. The number of ether oxygens (including phenoxy) is 2. The van der Waals surface area contributed by atoms with Crippen LogP contribution in [0.15, 0.2) is 24.4 Å². The van der Waals surface area contributed by atoms with Crippen molar-refractivity contribution in [3.8, 4) is 11.5 Å². The summed E-state index contributed by atoms with van der Waals surface area (Å²) in [6.07, 6.45) is 1.71. The molecule has 0 bridgehead atoms. The van der Waals surface area contributed by atoms with E-state index in [-0.39, 0.29) is 5.92 Å². The number of aryl methyl sites for hydroxylation is 2. The second-order valence-corrected chi connectivity index (χ2v) is 6.46. The number of carboxylic acids is 1. The second-order valence-electron chi connectivity index (χ2n) is 6.46. The summed E-state index contributed by atoms with van der Waals surface area (Å²) in [4.78, 5) is 22.9. The number of hydrogen-bond donors (Lipinski definition) is 1. The highest BCUT2D eigenvalue weighted by Gasteiger charge is 2.41. The number of hydrogen-bond acceptors (Lipinski definition) is 6. The Balaban J connectivity index is 2.02. The fourth-order valence-corrected chi connectivity index (χ4v) is 3.57. The highest BCUT2D eigenvalue weighted by Crippen LogP contribution is 2.42. The lowest BCUT2D eigenvalue weighted by Crippen LogP contribution is -2.24. The van der Waals surface area contributed by atoms with Crippen molar-refractivity contribution in [2.75, 3.05) is 32.2 Å². The van der Waals surface area contributed by atoms with Crippen molar-refractivity contribution in [1.82, 2.24) is 9.97 Å². The fourth-order valence-electron chi connectivity index (χ4n) is 3.57. The van der Waals surface area contributed by atoms with Crippen LogP contribution in [0.4, 0.5) is 5.82 Å². The van der Waals surface area contributed by atoms with Crippen molar-refractivity contribution in [3.05, 3.63) is 41.3 Å². The number of benzene rings is 1. The van der Waals surface area contributed by atoms with Gasteiger partial charge in [-0.2, -0.15) is 0 Å². The predicted octanol–water partition coefficient (Wildman–Crippen LogP) is 2.42. The molecule has 2 heterocycles. The van der Waals surface area contributed by atoms with Crippen molar-refractivity contribution < 1.29 is 19.4 Å². The third-order valence-corrected chi connectivity index (χ3v) is 4.82. The van der Waals surface area contributed by atoms with Gasteiger partial charge in [-0.05, 0) is 19.9 Å². The normalized spacial score (nSPS) is 19.5. The first kappa shape index (κ1) is 18.0. The maximum Gasteiger partial charge on any atom is 0.308 e. The van der Waals surface area contributed by atoms with Gasteiger partial charge in [-0.1, -0.05) is 12.1 Å². The van der Waals surface area contributed by atoms with Gasteiger partial charge in [-0.3, -0.25) is 9.78 Å². The Bertz CT molecular complexity index is 824. The summed E-state index contributed by atoms with van der Waals surface area (Å²) >= 11 is 0. The maximum absolute atomic E-state index is 11.9. The number of nitrogens with zero attached hydrogens (tertiary/aromatic N) is 3. The lowest BCUT2D eigenvalue weighted by atomic mass is 9.88. The molecule has 7 heteroatoms. The van der Waals surface area contributed by atoms with E-state index in [9.17, 15) is 9.90 Å². The summed E-state index contributed by atoms with van der Waals surface area (Å²) in [5, 5.41) is 9.79. The molecule has 0 saturated carbocycles. The number of anilines is 1. The number of para-hydroxylation sites is 1. The van der Waals surface area contributed by atoms with Gasteiger partial charge in [0.25, 0.3) is 0 Å². The van der Waals surface area contributed by atoms with Crippen molar-refractivity contribution in [2.24, 2.45) is 5.92 Å². The number of rotatable bonds is 5. The molecule has 2 atom stereocenters. The number of carboxylic acid groups (broad SMARTS) is 1. The van der Waals surface area contributed by atoms with Gasteiger partial charge in [0.05, 0.1) is 31.5 Å². The summed E-state index contributed by atoms with van der Waals surface area (Å²) in [6, 6.07) is 5.57. The molecule has 1 aliphatic rings. The molecule has 1 saturated heterocycles. The Morgan fingerprint density at radius 2 is 2.00 bits per heavy atom. The highest BCUT2D eigenvalue weighted by molar-refractivity contribution is 5.74. The molecule has 1 aromatic carbocycles. The number of carbonyl (C=O) groups is 1. The van der Waals surface area contributed by atoms with Crippen LogP contribution >= 0.6 is 0 Å². The molecule has 138 valence electrons. The monoisotopic (exact) mass is 357 g/mol. The molecule has 0 aliphatic carbocycles. The fraction of sp³-hybridized carbons (Fsp3) is 0.421. The predicted molar refractivity (Wildman–Crippen MR) is 97.1 cm³/mol. The molecule has 1 N–H and O–H groups in total. The summed E-state index contributed by atoms with van der Waals surface area (Å²) in [6.45, 7) is 4.67. The van der Waals surface area contributed by atoms with Crippen molar-refractivity contribution in [2.45, 2.75) is 19.8 Å². The maximum atomic E-state index is 11.9. The van der Waals surface area contributed by atoms with E-state index >= 15 is 0 Å². The largest absolute Gasteiger partial charge is 0.493 e. The first-order valence-electron chi connectivity index (χ1n) is 8.45. The summed E-state index contributed by atoms with van der Waals surface area (Å²) < 4.78 is 10.9. The highest BCUT2D eigenvalue weighted by atomic mass is 16.5. The molecule has 1 fully saturated rings. The zero-order valence-electron chi connectivity index (χ0n) is 15.4. The van der Waals surface area contributed by atoms with E-state index in [0.29, 0.717) is 24.6 Å². The van der Waals surface area contributed by atoms with Crippen LogP contribution in [0, 0.1) is 19.8 Å². The molecule has 0 spiro atoms. The van der Waals surface area contributed by atoms with Crippen LogP contribution < -0.4 is 14.4 Å². The van der Waals surface area contributed by atoms with Crippen molar-refractivity contribution in [1.29, 1.82) is 0 Å². The molecule has 26 heavy (non-hydrogen) atoms. The van der Waals surface area contributed by atoms with E-state index in [0.717, 1.165) is 22.8 Å². The Hall–Kier alpha value is -2.83. The number of aromatic nitrogens is 2. The molecule has 2 aromatic rings. The van der Waals surface area contributed by atoms with Crippen LogP contribution in [0.1, 0.15) is 22.9 Å². The molecule has 1 aliphatic heterocycles. The summed E-state index contributed by atoms with van der Waals surface area (Å²) in [5.41, 5.74) is 2.43. The third kappa shape index (κ3) is 3.16. The Kier molecular flexibility index (Phi) is 4.97. The molecule has 1 aromatic heterocycles. The van der Waals surface area contributed by atoms with E-state index < -0.39 is 11.9 Å². The molecule has 0 amide bonds. The topological polar surface area (TPSA) is 84.8 Å². The number of aliphatic carboxylic acids is 1. The number of methoxy groups -OCH3 is 2. The Morgan fingerprint density at radius 3 is 2.65 bits per heavy atom. The van der Waals surface area contributed by atoms with E-state index in [2.05, 4.69) is 9.97 Å². The zero-order chi connectivity index (χ0) is 18.8. The van der Waals surface area contributed by atoms with Gasteiger partial charge in [0, 0.05) is 30.8 Å². The Morgan fingerprint density at radius 1 is 1.23 bits per heavy atom. The minimum Gasteiger partial charge on any atom is -0.493 e. The second kappa shape index (κ2) is 7.19. The minimum absolute atomic E-state index is 0.237. The average molecular weight is 357 g/mol.